The van der Waals surface area contributed by atoms with E-state index in [1.54, 1.807) is 22.8 Å². The maximum absolute atomic E-state index is 13.2. The summed E-state index contributed by atoms with van der Waals surface area (Å²) in [4.78, 5) is 0. The van der Waals surface area contributed by atoms with Crippen LogP contribution in [0, 0.1) is 5.92 Å². The average molecular weight is 368 g/mol. The van der Waals surface area contributed by atoms with Crippen molar-refractivity contribution in [1.29, 1.82) is 0 Å². The van der Waals surface area contributed by atoms with Crippen LogP contribution >= 0.6 is 0 Å². The Morgan fingerprint density at radius 1 is 1.08 bits per heavy atom. The molecular weight excluding hydrogens is 340 g/mol. The van der Waals surface area contributed by atoms with Crippen LogP contribution in [0.1, 0.15) is 44.2 Å². The summed E-state index contributed by atoms with van der Waals surface area (Å²) >= 11 is 0. The van der Waals surface area contributed by atoms with E-state index in [9.17, 15) is 8.42 Å². The van der Waals surface area contributed by atoms with Gasteiger partial charge in [-0.3, -0.25) is 0 Å². The van der Waals surface area contributed by atoms with E-state index in [0.29, 0.717) is 37.1 Å². The maximum Gasteiger partial charge on any atom is 0.282 e. The Kier molecular flexibility index (Phi) is 5.55. The highest BCUT2D eigenvalue weighted by Crippen LogP contribution is 2.41. The molecule has 0 aliphatic carbocycles. The van der Waals surface area contributed by atoms with Crippen molar-refractivity contribution < 1.29 is 17.9 Å². The molecule has 2 aliphatic rings. The number of ether oxygens (including phenoxy) is 2. The van der Waals surface area contributed by atoms with Gasteiger partial charge in [-0.25, -0.2) is 0 Å². The first-order valence-corrected chi connectivity index (χ1v) is 10.4. The van der Waals surface area contributed by atoms with E-state index in [4.69, 9.17) is 9.47 Å². The molecule has 25 heavy (non-hydrogen) atoms. The molecule has 0 radical (unpaired) electrons. The zero-order chi connectivity index (χ0) is 18.0. The van der Waals surface area contributed by atoms with Gasteiger partial charge < -0.3 is 9.47 Å². The normalized spacial score (nSPS) is 25.9. The summed E-state index contributed by atoms with van der Waals surface area (Å²) in [5.74, 6) is 1.80. The van der Waals surface area contributed by atoms with Crippen molar-refractivity contribution in [3.8, 4) is 11.5 Å². The largest absolute Gasteiger partial charge is 0.497 e. The standard InChI is InChI=1S/C18H28N2O4S/c1-14-6-4-10-19(13-14)25(21,22)20-11-5-7-17(20)16-9-8-15(23-2)12-18(16)24-3/h8-9,12,14,17H,4-7,10-11,13H2,1-3H3/t14-,17+/m0/s1. The van der Waals surface area contributed by atoms with E-state index in [2.05, 4.69) is 6.92 Å². The molecule has 0 amide bonds. The number of benzene rings is 1. The minimum Gasteiger partial charge on any atom is -0.497 e. The first-order chi connectivity index (χ1) is 12.0. The molecule has 0 aromatic heterocycles. The Balaban J connectivity index is 1.90. The SMILES string of the molecule is COc1ccc([C@H]2CCCN2S(=O)(=O)N2CCC[C@H](C)C2)c(OC)c1. The zero-order valence-electron chi connectivity index (χ0n) is 15.3. The summed E-state index contributed by atoms with van der Waals surface area (Å²) in [6.45, 7) is 3.92. The average Bonchev–Trinajstić information content (AvgIpc) is 3.11. The first-order valence-electron chi connectivity index (χ1n) is 8.96. The van der Waals surface area contributed by atoms with Crippen molar-refractivity contribution in [3.05, 3.63) is 23.8 Å². The molecule has 1 aromatic carbocycles. The molecule has 2 aliphatic heterocycles. The summed E-state index contributed by atoms with van der Waals surface area (Å²) in [6, 6.07) is 5.43. The van der Waals surface area contributed by atoms with Gasteiger partial charge in [0.1, 0.15) is 11.5 Å². The Bertz CT molecular complexity index is 707. The molecule has 2 fully saturated rings. The Labute approximate surface area is 150 Å². The predicted octanol–water partition coefficient (Wildman–Crippen LogP) is 2.82. The molecule has 7 heteroatoms. The molecule has 140 valence electrons. The van der Waals surface area contributed by atoms with Crippen molar-refractivity contribution in [2.24, 2.45) is 5.92 Å². The van der Waals surface area contributed by atoms with Gasteiger partial charge in [0.2, 0.25) is 0 Å². The highest BCUT2D eigenvalue weighted by atomic mass is 32.2. The number of hydrogen-bond donors (Lipinski definition) is 0. The number of rotatable bonds is 5. The molecule has 1 aromatic rings. The molecule has 0 unspecified atom stereocenters. The number of nitrogens with zero attached hydrogens (tertiary/aromatic N) is 2. The lowest BCUT2D eigenvalue weighted by atomic mass is 10.0. The van der Waals surface area contributed by atoms with Crippen LogP contribution in [0.4, 0.5) is 0 Å². The fourth-order valence-corrected chi connectivity index (χ4v) is 5.92. The van der Waals surface area contributed by atoms with Crippen LogP contribution in [0.5, 0.6) is 11.5 Å². The molecule has 0 spiro atoms. The fourth-order valence-electron chi connectivity index (χ4n) is 3.92. The van der Waals surface area contributed by atoms with Crippen LogP contribution in [0.2, 0.25) is 0 Å². The van der Waals surface area contributed by atoms with Crippen molar-refractivity contribution in [2.75, 3.05) is 33.9 Å². The molecule has 0 saturated carbocycles. The highest BCUT2D eigenvalue weighted by molar-refractivity contribution is 7.86. The monoisotopic (exact) mass is 368 g/mol. The molecule has 2 heterocycles. The summed E-state index contributed by atoms with van der Waals surface area (Å²) in [7, 11) is -0.234. The minimum absolute atomic E-state index is 0.178. The van der Waals surface area contributed by atoms with E-state index in [1.807, 2.05) is 18.2 Å². The van der Waals surface area contributed by atoms with Crippen LogP contribution in [0.15, 0.2) is 18.2 Å². The van der Waals surface area contributed by atoms with Crippen LogP contribution in [0.3, 0.4) is 0 Å². The smallest absolute Gasteiger partial charge is 0.282 e. The molecule has 0 N–H and O–H groups in total. The zero-order valence-corrected chi connectivity index (χ0v) is 16.1. The van der Waals surface area contributed by atoms with Crippen LogP contribution in [0.25, 0.3) is 0 Å². The van der Waals surface area contributed by atoms with E-state index in [1.165, 1.54) is 0 Å². The lowest BCUT2D eigenvalue weighted by molar-refractivity contribution is 0.253. The van der Waals surface area contributed by atoms with Gasteiger partial charge in [0.25, 0.3) is 10.2 Å². The summed E-state index contributed by atoms with van der Waals surface area (Å²) in [5, 5.41) is 0. The highest BCUT2D eigenvalue weighted by Gasteiger charge is 2.40. The van der Waals surface area contributed by atoms with E-state index >= 15 is 0 Å². The quantitative estimate of drug-likeness (QED) is 0.802. The number of methoxy groups -OCH3 is 2. The first kappa shape index (κ1) is 18.5. The van der Waals surface area contributed by atoms with Gasteiger partial charge in [0.15, 0.2) is 0 Å². The predicted molar refractivity (Wildman–Crippen MR) is 97.1 cm³/mol. The topological polar surface area (TPSA) is 59.1 Å². The summed E-state index contributed by atoms with van der Waals surface area (Å²) < 4.78 is 40.5. The van der Waals surface area contributed by atoms with Gasteiger partial charge in [0, 0.05) is 31.3 Å². The van der Waals surface area contributed by atoms with Gasteiger partial charge in [-0.15, -0.1) is 0 Å². The number of hydrogen-bond acceptors (Lipinski definition) is 4. The third kappa shape index (κ3) is 3.64. The van der Waals surface area contributed by atoms with Crippen LogP contribution in [-0.4, -0.2) is 50.9 Å². The molecule has 2 atom stereocenters. The lowest BCUT2D eigenvalue weighted by Crippen LogP contribution is -2.47. The number of piperidine rings is 1. The van der Waals surface area contributed by atoms with Crippen molar-refractivity contribution in [3.63, 3.8) is 0 Å². The van der Waals surface area contributed by atoms with E-state index < -0.39 is 10.2 Å². The molecule has 0 bridgehead atoms. The van der Waals surface area contributed by atoms with Gasteiger partial charge in [-0.2, -0.15) is 17.0 Å². The minimum atomic E-state index is -3.45. The van der Waals surface area contributed by atoms with Crippen LogP contribution < -0.4 is 9.47 Å². The van der Waals surface area contributed by atoms with E-state index in [0.717, 1.165) is 31.2 Å². The van der Waals surface area contributed by atoms with E-state index in [-0.39, 0.29) is 6.04 Å². The Morgan fingerprint density at radius 2 is 1.84 bits per heavy atom. The second-order valence-electron chi connectivity index (χ2n) is 6.99. The second-order valence-corrected chi connectivity index (χ2v) is 8.87. The molecular formula is C18H28N2O4S. The molecule has 2 saturated heterocycles. The van der Waals surface area contributed by atoms with Gasteiger partial charge in [-0.1, -0.05) is 13.0 Å². The third-order valence-electron chi connectivity index (χ3n) is 5.25. The van der Waals surface area contributed by atoms with Gasteiger partial charge in [-0.05, 0) is 37.7 Å². The second kappa shape index (κ2) is 7.51. The summed E-state index contributed by atoms with van der Waals surface area (Å²) in [5.41, 5.74) is 0.912. The Morgan fingerprint density at radius 3 is 2.52 bits per heavy atom. The maximum atomic E-state index is 13.2. The van der Waals surface area contributed by atoms with Crippen molar-refractivity contribution >= 4 is 10.2 Å². The summed E-state index contributed by atoms with van der Waals surface area (Å²) in [6.07, 6.45) is 3.71. The fraction of sp³-hybridized carbons (Fsp3) is 0.667. The Hall–Kier alpha value is -1.31. The lowest BCUT2D eigenvalue weighted by Gasteiger charge is -2.35. The van der Waals surface area contributed by atoms with Crippen LogP contribution in [-0.2, 0) is 10.2 Å². The molecule has 3 rings (SSSR count). The van der Waals surface area contributed by atoms with Gasteiger partial charge in [0.05, 0.1) is 20.3 Å². The van der Waals surface area contributed by atoms with Crippen molar-refractivity contribution in [1.82, 2.24) is 8.61 Å². The van der Waals surface area contributed by atoms with Crippen molar-refractivity contribution in [2.45, 2.75) is 38.6 Å². The van der Waals surface area contributed by atoms with Gasteiger partial charge >= 0.3 is 0 Å². The molecule has 6 nitrogen and oxygen atoms in total. The third-order valence-corrected chi connectivity index (χ3v) is 7.26.